The molecule has 0 aliphatic heterocycles. The van der Waals surface area contributed by atoms with Crippen LogP contribution in [0.2, 0.25) is 5.02 Å². The highest BCUT2D eigenvalue weighted by Crippen LogP contribution is 2.28. The molecule has 0 radical (unpaired) electrons. The number of sulfonamides is 1. The van der Waals surface area contributed by atoms with Crippen molar-refractivity contribution < 1.29 is 13.2 Å². The first-order chi connectivity index (χ1) is 8.84. The van der Waals surface area contributed by atoms with Crippen LogP contribution >= 0.6 is 11.6 Å². The van der Waals surface area contributed by atoms with Crippen LogP contribution in [0.15, 0.2) is 17.0 Å². The summed E-state index contributed by atoms with van der Waals surface area (Å²) in [5.74, 6) is 0. The summed E-state index contributed by atoms with van der Waals surface area (Å²) in [5, 5.41) is 0.388. The number of halogens is 1. The van der Waals surface area contributed by atoms with E-state index in [-0.39, 0.29) is 10.6 Å². The zero-order chi connectivity index (χ0) is 14.6. The third kappa shape index (κ3) is 3.60. The van der Waals surface area contributed by atoms with Crippen LogP contribution < -0.4 is 5.73 Å². The van der Waals surface area contributed by atoms with Gasteiger partial charge >= 0.3 is 0 Å². The fourth-order valence-corrected chi connectivity index (χ4v) is 3.37. The average Bonchev–Trinajstić information content (AvgIpc) is 2.36. The van der Waals surface area contributed by atoms with E-state index in [2.05, 4.69) is 0 Å². The van der Waals surface area contributed by atoms with Gasteiger partial charge in [-0.25, -0.2) is 8.42 Å². The summed E-state index contributed by atoms with van der Waals surface area (Å²) in [6.07, 6.45) is 0. The van der Waals surface area contributed by atoms with Gasteiger partial charge in [0.25, 0.3) is 0 Å². The lowest BCUT2D eigenvalue weighted by Crippen LogP contribution is -2.33. The molecule has 0 fully saturated rings. The highest BCUT2D eigenvalue weighted by molar-refractivity contribution is 7.89. The molecule has 7 heteroatoms. The molecule has 0 saturated carbocycles. The van der Waals surface area contributed by atoms with Crippen LogP contribution in [-0.4, -0.2) is 39.5 Å². The van der Waals surface area contributed by atoms with Crippen molar-refractivity contribution in [3.8, 4) is 0 Å². The Labute approximate surface area is 119 Å². The van der Waals surface area contributed by atoms with Gasteiger partial charge in [-0.15, -0.1) is 0 Å². The molecule has 0 spiro atoms. The zero-order valence-electron chi connectivity index (χ0n) is 11.3. The van der Waals surface area contributed by atoms with E-state index in [1.54, 1.807) is 13.8 Å². The number of nitrogens with two attached hydrogens (primary N) is 1. The van der Waals surface area contributed by atoms with Gasteiger partial charge in [0.1, 0.15) is 0 Å². The maximum absolute atomic E-state index is 12.5. The second-order valence-electron chi connectivity index (χ2n) is 4.13. The van der Waals surface area contributed by atoms with E-state index in [1.165, 1.54) is 23.5 Å². The first kappa shape index (κ1) is 16.2. The smallest absolute Gasteiger partial charge is 0.243 e. The Morgan fingerprint density at radius 1 is 1.42 bits per heavy atom. The molecule has 0 aromatic heterocycles. The quantitative estimate of drug-likeness (QED) is 0.815. The van der Waals surface area contributed by atoms with Crippen LogP contribution in [0.1, 0.15) is 12.5 Å². The number of anilines is 1. The van der Waals surface area contributed by atoms with Crippen molar-refractivity contribution >= 4 is 27.3 Å². The lowest BCUT2D eigenvalue weighted by molar-refractivity contribution is 0.180. The number of aryl methyl sites for hydroxylation is 1. The molecular formula is C12H19ClN2O3S. The first-order valence-electron chi connectivity index (χ1n) is 5.89. The molecule has 0 saturated heterocycles. The Morgan fingerprint density at radius 2 is 2.05 bits per heavy atom. The average molecular weight is 307 g/mol. The van der Waals surface area contributed by atoms with Crippen LogP contribution in [0.3, 0.4) is 0 Å². The van der Waals surface area contributed by atoms with Gasteiger partial charge in [-0.3, -0.25) is 0 Å². The molecule has 1 aromatic rings. The summed E-state index contributed by atoms with van der Waals surface area (Å²) in [5.41, 5.74) is 6.63. The predicted octanol–water partition coefficient (Wildman–Crippen LogP) is 1.89. The number of benzene rings is 1. The zero-order valence-corrected chi connectivity index (χ0v) is 12.9. The largest absolute Gasteiger partial charge is 0.397 e. The first-order valence-corrected chi connectivity index (χ1v) is 7.71. The topological polar surface area (TPSA) is 72.6 Å². The van der Waals surface area contributed by atoms with Gasteiger partial charge in [0.05, 0.1) is 22.2 Å². The van der Waals surface area contributed by atoms with Crippen LogP contribution in [-0.2, 0) is 14.8 Å². The second-order valence-corrected chi connectivity index (χ2v) is 6.45. The lowest BCUT2D eigenvalue weighted by Gasteiger charge is -2.20. The lowest BCUT2D eigenvalue weighted by atomic mass is 10.2. The molecular weight excluding hydrogens is 288 g/mol. The Balaban J connectivity index is 3.18. The van der Waals surface area contributed by atoms with E-state index in [1.807, 2.05) is 0 Å². The van der Waals surface area contributed by atoms with Gasteiger partial charge < -0.3 is 10.5 Å². The molecule has 2 N–H and O–H groups in total. The Kier molecular flexibility index (Phi) is 5.61. The number of nitrogens with zero attached hydrogens (tertiary/aromatic N) is 1. The van der Waals surface area contributed by atoms with Crippen molar-refractivity contribution in [2.75, 3.05) is 32.5 Å². The minimum atomic E-state index is -3.57. The number of likely N-dealkylation sites (N-methyl/N-ethyl adjacent to an activating group) is 1. The van der Waals surface area contributed by atoms with Gasteiger partial charge in [-0.2, -0.15) is 4.31 Å². The Hall–Kier alpha value is -0.820. The van der Waals surface area contributed by atoms with Gasteiger partial charge in [0, 0.05) is 20.2 Å². The van der Waals surface area contributed by atoms with Crippen molar-refractivity contribution in [3.63, 3.8) is 0 Å². The fraction of sp³-hybridized carbons (Fsp3) is 0.500. The normalized spacial score (nSPS) is 12.1. The number of hydrogen-bond donors (Lipinski definition) is 1. The van der Waals surface area contributed by atoms with E-state index in [9.17, 15) is 8.42 Å². The van der Waals surface area contributed by atoms with E-state index in [4.69, 9.17) is 22.1 Å². The second kappa shape index (κ2) is 6.56. The van der Waals surface area contributed by atoms with Gasteiger partial charge in [-0.1, -0.05) is 18.5 Å². The van der Waals surface area contributed by atoms with Crippen molar-refractivity contribution in [1.29, 1.82) is 0 Å². The van der Waals surface area contributed by atoms with Crippen LogP contribution in [0.25, 0.3) is 0 Å². The van der Waals surface area contributed by atoms with E-state index >= 15 is 0 Å². The molecule has 0 aliphatic carbocycles. The van der Waals surface area contributed by atoms with Crippen molar-refractivity contribution in [1.82, 2.24) is 4.31 Å². The molecule has 0 bridgehead atoms. The van der Waals surface area contributed by atoms with Crippen LogP contribution in [0.5, 0.6) is 0 Å². The number of hydrogen-bond acceptors (Lipinski definition) is 4. The standard InChI is InChI=1S/C12H19ClN2O3S/c1-4-15(5-6-18-3)19(16,17)10-7-9(2)12(13)11(14)8-10/h7-8H,4-6,14H2,1-3H3. The summed E-state index contributed by atoms with van der Waals surface area (Å²) < 4.78 is 31.2. The van der Waals surface area contributed by atoms with E-state index in [0.717, 1.165) is 0 Å². The predicted molar refractivity (Wildman–Crippen MR) is 76.9 cm³/mol. The number of rotatable bonds is 6. The van der Waals surface area contributed by atoms with Gasteiger partial charge in [0.15, 0.2) is 0 Å². The molecule has 108 valence electrons. The number of ether oxygens (including phenoxy) is 1. The molecule has 5 nitrogen and oxygen atoms in total. The van der Waals surface area contributed by atoms with E-state index < -0.39 is 10.0 Å². The maximum Gasteiger partial charge on any atom is 0.243 e. The maximum atomic E-state index is 12.5. The van der Waals surface area contributed by atoms with E-state index in [0.29, 0.717) is 30.3 Å². The van der Waals surface area contributed by atoms with Crippen molar-refractivity contribution in [2.24, 2.45) is 0 Å². The third-order valence-electron chi connectivity index (χ3n) is 2.79. The number of nitrogen functional groups attached to an aromatic ring is 1. The molecule has 1 rings (SSSR count). The van der Waals surface area contributed by atoms with Crippen molar-refractivity contribution in [3.05, 3.63) is 22.7 Å². The highest BCUT2D eigenvalue weighted by atomic mass is 35.5. The van der Waals surface area contributed by atoms with Gasteiger partial charge in [0.2, 0.25) is 10.0 Å². The molecule has 19 heavy (non-hydrogen) atoms. The van der Waals surface area contributed by atoms with Crippen LogP contribution in [0.4, 0.5) is 5.69 Å². The summed E-state index contributed by atoms with van der Waals surface area (Å²) in [7, 11) is -2.04. The minimum absolute atomic E-state index is 0.157. The molecule has 0 unspecified atom stereocenters. The van der Waals surface area contributed by atoms with Crippen LogP contribution in [0, 0.1) is 6.92 Å². The fourth-order valence-electron chi connectivity index (χ4n) is 1.70. The summed E-state index contributed by atoms with van der Waals surface area (Å²) in [4.78, 5) is 0.157. The molecule has 0 amide bonds. The summed E-state index contributed by atoms with van der Waals surface area (Å²) >= 11 is 5.94. The SMILES string of the molecule is CCN(CCOC)S(=O)(=O)c1cc(C)c(Cl)c(N)c1. The monoisotopic (exact) mass is 306 g/mol. The molecule has 1 aromatic carbocycles. The summed E-state index contributed by atoms with van der Waals surface area (Å²) in [6.45, 7) is 4.52. The minimum Gasteiger partial charge on any atom is -0.397 e. The Bertz CT molecular complexity index is 523. The molecule has 0 atom stereocenters. The number of methoxy groups -OCH3 is 1. The summed E-state index contributed by atoms with van der Waals surface area (Å²) in [6, 6.07) is 2.92. The highest BCUT2D eigenvalue weighted by Gasteiger charge is 2.24. The Morgan fingerprint density at radius 3 is 2.53 bits per heavy atom. The van der Waals surface area contributed by atoms with Gasteiger partial charge in [-0.05, 0) is 24.6 Å². The molecule has 0 aliphatic rings. The van der Waals surface area contributed by atoms with Crippen molar-refractivity contribution in [2.45, 2.75) is 18.7 Å². The third-order valence-corrected chi connectivity index (χ3v) is 5.26. The molecule has 0 heterocycles.